The summed E-state index contributed by atoms with van der Waals surface area (Å²) in [5, 5.41) is 0. The van der Waals surface area contributed by atoms with Crippen LogP contribution >= 0.6 is 11.6 Å². The molecule has 0 aromatic heterocycles. The van der Waals surface area contributed by atoms with Gasteiger partial charge in [-0.2, -0.15) is 0 Å². The second-order valence-corrected chi connectivity index (χ2v) is 4.84. The Morgan fingerprint density at radius 1 is 1.40 bits per heavy atom. The van der Waals surface area contributed by atoms with E-state index in [0.29, 0.717) is 10.8 Å². The average molecular weight is 159 g/mol. The summed E-state index contributed by atoms with van der Waals surface area (Å²) in [6, 6.07) is 0. The topological polar surface area (TPSA) is 0 Å². The molecule has 0 nitrogen and oxygen atoms in total. The third kappa shape index (κ3) is 0.689. The van der Waals surface area contributed by atoms with Gasteiger partial charge in [-0.05, 0) is 36.0 Å². The Kier molecular flexibility index (Phi) is 1.20. The summed E-state index contributed by atoms with van der Waals surface area (Å²) >= 11 is 5.82. The van der Waals surface area contributed by atoms with Crippen LogP contribution in [0.4, 0.5) is 0 Å². The fourth-order valence-electron chi connectivity index (χ4n) is 2.18. The predicted octanol–water partition coefficient (Wildman–Crippen LogP) is 3.05. The quantitative estimate of drug-likeness (QED) is 0.542. The minimum absolute atomic E-state index is 0.634. The van der Waals surface area contributed by atoms with Gasteiger partial charge in [-0.1, -0.05) is 13.8 Å². The second-order valence-electron chi connectivity index (χ2n) is 4.53. The molecule has 0 aromatic carbocycles. The van der Waals surface area contributed by atoms with Crippen LogP contribution in [0.15, 0.2) is 0 Å². The summed E-state index contributed by atoms with van der Waals surface area (Å²) in [6.07, 6.45) is 4.26. The van der Waals surface area contributed by atoms with Crippen LogP contribution in [0.2, 0.25) is 0 Å². The van der Waals surface area contributed by atoms with Gasteiger partial charge in [0, 0.05) is 5.88 Å². The normalized spacial score (nSPS) is 48.9. The van der Waals surface area contributed by atoms with Gasteiger partial charge in [-0.15, -0.1) is 11.6 Å². The summed E-state index contributed by atoms with van der Waals surface area (Å²) in [4.78, 5) is 0. The fourth-order valence-corrected chi connectivity index (χ4v) is 2.63. The third-order valence-electron chi connectivity index (χ3n) is 3.98. The Morgan fingerprint density at radius 2 is 2.00 bits per heavy atom. The van der Waals surface area contributed by atoms with Crippen molar-refractivity contribution in [3.63, 3.8) is 0 Å². The monoisotopic (exact) mass is 158 g/mol. The number of hydrogen-bond acceptors (Lipinski definition) is 0. The van der Waals surface area contributed by atoms with Crippen LogP contribution in [0.1, 0.15) is 33.1 Å². The summed E-state index contributed by atoms with van der Waals surface area (Å²) in [5.74, 6) is 1.72. The molecule has 1 heteroatoms. The minimum atomic E-state index is 0.634. The van der Waals surface area contributed by atoms with Crippen LogP contribution < -0.4 is 0 Å². The SMILES string of the molecule is CC1(C2(C)CC2CCl)CC1. The lowest BCUT2D eigenvalue weighted by Crippen LogP contribution is -2.12. The van der Waals surface area contributed by atoms with Crippen molar-refractivity contribution >= 4 is 11.6 Å². The zero-order valence-corrected chi connectivity index (χ0v) is 7.54. The second kappa shape index (κ2) is 1.72. The first-order valence-electron chi connectivity index (χ1n) is 4.18. The molecule has 2 rings (SSSR count). The Morgan fingerprint density at radius 3 is 2.30 bits per heavy atom. The average Bonchev–Trinajstić information content (AvgIpc) is 2.73. The van der Waals surface area contributed by atoms with Crippen molar-refractivity contribution < 1.29 is 0 Å². The lowest BCUT2D eigenvalue weighted by molar-refractivity contribution is 0.314. The number of halogens is 1. The summed E-state index contributed by atoms with van der Waals surface area (Å²) < 4.78 is 0. The molecule has 0 bridgehead atoms. The molecule has 58 valence electrons. The van der Waals surface area contributed by atoms with Gasteiger partial charge in [-0.25, -0.2) is 0 Å². The van der Waals surface area contributed by atoms with Gasteiger partial charge < -0.3 is 0 Å². The van der Waals surface area contributed by atoms with E-state index in [-0.39, 0.29) is 0 Å². The van der Waals surface area contributed by atoms with Crippen LogP contribution in [0.5, 0.6) is 0 Å². The fraction of sp³-hybridized carbons (Fsp3) is 1.00. The maximum Gasteiger partial charge on any atom is 0.0257 e. The van der Waals surface area contributed by atoms with Crippen molar-refractivity contribution in [2.24, 2.45) is 16.7 Å². The van der Waals surface area contributed by atoms with Crippen LogP contribution in [0.3, 0.4) is 0 Å². The molecule has 0 radical (unpaired) electrons. The third-order valence-corrected chi connectivity index (χ3v) is 4.35. The van der Waals surface area contributed by atoms with Crippen molar-refractivity contribution in [3.8, 4) is 0 Å². The van der Waals surface area contributed by atoms with E-state index >= 15 is 0 Å². The minimum Gasteiger partial charge on any atom is -0.126 e. The molecule has 0 spiro atoms. The first kappa shape index (κ1) is 6.97. The molecular weight excluding hydrogens is 144 g/mol. The molecule has 2 saturated carbocycles. The highest BCUT2D eigenvalue weighted by Crippen LogP contribution is 2.72. The Balaban J connectivity index is 2.06. The largest absolute Gasteiger partial charge is 0.126 e. The zero-order valence-electron chi connectivity index (χ0n) is 6.78. The predicted molar refractivity (Wildman–Crippen MR) is 44.3 cm³/mol. The molecule has 0 N–H and O–H groups in total. The van der Waals surface area contributed by atoms with Crippen molar-refractivity contribution in [2.75, 3.05) is 5.88 Å². The smallest absolute Gasteiger partial charge is 0.0257 e. The highest BCUT2D eigenvalue weighted by molar-refractivity contribution is 6.18. The molecule has 0 amide bonds. The number of alkyl halides is 1. The summed E-state index contributed by atoms with van der Waals surface area (Å²) in [5.41, 5.74) is 1.32. The van der Waals surface area contributed by atoms with Gasteiger partial charge >= 0.3 is 0 Å². The van der Waals surface area contributed by atoms with Gasteiger partial charge in [-0.3, -0.25) is 0 Å². The molecule has 0 aromatic rings. The van der Waals surface area contributed by atoms with Crippen LogP contribution in [0.25, 0.3) is 0 Å². The number of rotatable bonds is 2. The van der Waals surface area contributed by atoms with Gasteiger partial charge in [0.15, 0.2) is 0 Å². The van der Waals surface area contributed by atoms with E-state index in [4.69, 9.17) is 11.6 Å². The lowest BCUT2D eigenvalue weighted by atomic mass is 9.87. The van der Waals surface area contributed by atoms with Crippen LogP contribution in [-0.2, 0) is 0 Å². The van der Waals surface area contributed by atoms with Gasteiger partial charge in [0.2, 0.25) is 0 Å². The van der Waals surface area contributed by atoms with Gasteiger partial charge in [0.05, 0.1) is 0 Å². The van der Waals surface area contributed by atoms with E-state index in [1.807, 2.05) is 0 Å². The first-order valence-corrected chi connectivity index (χ1v) is 4.72. The van der Waals surface area contributed by atoms with E-state index in [1.54, 1.807) is 0 Å². The molecule has 10 heavy (non-hydrogen) atoms. The summed E-state index contributed by atoms with van der Waals surface area (Å²) in [6.45, 7) is 4.83. The van der Waals surface area contributed by atoms with E-state index in [9.17, 15) is 0 Å². The van der Waals surface area contributed by atoms with Crippen LogP contribution in [-0.4, -0.2) is 5.88 Å². The molecule has 0 heterocycles. The molecule has 2 unspecified atom stereocenters. The van der Waals surface area contributed by atoms with E-state index < -0.39 is 0 Å². The number of hydrogen-bond donors (Lipinski definition) is 0. The first-order chi connectivity index (χ1) is 4.62. The molecule has 2 aliphatic rings. The van der Waals surface area contributed by atoms with Crippen molar-refractivity contribution in [1.82, 2.24) is 0 Å². The van der Waals surface area contributed by atoms with Crippen molar-refractivity contribution in [1.29, 1.82) is 0 Å². The highest BCUT2D eigenvalue weighted by Gasteiger charge is 2.65. The standard InChI is InChI=1S/C9H15Cl/c1-8(3-4-8)9(2)5-7(9)6-10/h7H,3-6H2,1-2H3. The van der Waals surface area contributed by atoms with Gasteiger partial charge in [0.25, 0.3) is 0 Å². The maximum atomic E-state index is 5.82. The molecular formula is C9H15Cl. The molecule has 0 saturated heterocycles. The maximum absolute atomic E-state index is 5.82. The highest BCUT2D eigenvalue weighted by atomic mass is 35.5. The molecule has 2 atom stereocenters. The molecule has 2 fully saturated rings. The van der Waals surface area contributed by atoms with Gasteiger partial charge in [0.1, 0.15) is 0 Å². The Hall–Kier alpha value is 0.290. The Bertz CT molecular complexity index is 160. The van der Waals surface area contributed by atoms with Crippen molar-refractivity contribution in [2.45, 2.75) is 33.1 Å². The molecule has 0 aliphatic heterocycles. The zero-order chi connectivity index (χ0) is 7.41. The summed E-state index contributed by atoms with van der Waals surface area (Å²) in [7, 11) is 0. The van der Waals surface area contributed by atoms with Crippen molar-refractivity contribution in [3.05, 3.63) is 0 Å². The Labute approximate surface area is 68.0 Å². The van der Waals surface area contributed by atoms with E-state index in [0.717, 1.165) is 11.8 Å². The molecule has 2 aliphatic carbocycles. The lowest BCUT2D eigenvalue weighted by Gasteiger charge is -2.18. The van der Waals surface area contributed by atoms with E-state index in [1.165, 1.54) is 19.3 Å². The van der Waals surface area contributed by atoms with Crippen LogP contribution in [0, 0.1) is 16.7 Å². The van der Waals surface area contributed by atoms with E-state index in [2.05, 4.69) is 13.8 Å².